The van der Waals surface area contributed by atoms with Gasteiger partial charge in [0.15, 0.2) is 0 Å². The second-order valence-electron chi connectivity index (χ2n) is 5.74. The second-order valence-corrected chi connectivity index (χ2v) is 5.74. The van der Waals surface area contributed by atoms with Gasteiger partial charge in [0.05, 0.1) is 11.3 Å². The molecule has 0 radical (unpaired) electrons. The highest BCUT2D eigenvalue weighted by atomic mass is 16.6. The molecule has 0 aromatic heterocycles. The van der Waals surface area contributed by atoms with E-state index in [1.165, 1.54) is 6.07 Å². The average molecular weight is 289 g/mol. The lowest BCUT2D eigenvalue weighted by Gasteiger charge is -2.28. The van der Waals surface area contributed by atoms with E-state index in [1.807, 2.05) is 4.90 Å². The topological polar surface area (TPSA) is 75.5 Å². The Kier molecular flexibility index (Phi) is 3.88. The first-order valence-corrected chi connectivity index (χ1v) is 7.41. The normalized spacial score (nSPS) is 24.7. The Labute approximate surface area is 123 Å². The van der Waals surface area contributed by atoms with Gasteiger partial charge in [-0.1, -0.05) is 18.2 Å². The molecule has 1 aromatic rings. The predicted molar refractivity (Wildman–Crippen MR) is 77.9 cm³/mol. The van der Waals surface area contributed by atoms with Crippen LogP contribution in [0.2, 0.25) is 0 Å². The highest BCUT2D eigenvalue weighted by Gasteiger charge is 2.38. The zero-order valence-corrected chi connectivity index (χ0v) is 11.8. The van der Waals surface area contributed by atoms with Crippen molar-refractivity contribution in [3.8, 4) is 0 Å². The maximum Gasteiger partial charge on any atom is 0.273 e. The van der Waals surface area contributed by atoms with Gasteiger partial charge in [-0.15, -0.1) is 0 Å². The fourth-order valence-corrected chi connectivity index (χ4v) is 3.48. The fourth-order valence-electron chi connectivity index (χ4n) is 3.48. The first-order valence-electron chi connectivity index (χ1n) is 7.41. The molecule has 1 N–H and O–H groups in total. The molecule has 6 heteroatoms. The van der Waals surface area contributed by atoms with Crippen molar-refractivity contribution in [2.75, 3.05) is 13.1 Å². The summed E-state index contributed by atoms with van der Waals surface area (Å²) in [6, 6.07) is 7.04. The number of amides is 1. The molecule has 3 rings (SSSR count). The van der Waals surface area contributed by atoms with Crippen molar-refractivity contribution in [3.63, 3.8) is 0 Å². The molecule has 2 saturated heterocycles. The lowest BCUT2D eigenvalue weighted by atomic mass is 10.1. The lowest BCUT2D eigenvalue weighted by molar-refractivity contribution is -0.385. The maximum atomic E-state index is 12.6. The van der Waals surface area contributed by atoms with Crippen LogP contribution >= 0.6 is 0 Å². The van der Waals surface area contributed by atoms with E-state index in [0.717, 1.165) is 32.4 Å². The van der Waals surface area contributed by atoms with E-state index < -0.39 is 4.92 Å². The Morgan fingerprint density at radius 2 is 2.05 bits per heavy atom. The molecule has 1 amide bonds. The number of nitrogens with zero attached hydrogens (tertiary/aromatic N) is 2. The van der Waals surface area contributed by atoms with Gasteiger partial charge in [0.2, 0.25) is 5.91 Å². The van der Waals surface area contributed by atoms with Crippen LogP contribution in [0.5, 0.6) is 0 Å². The zero-order valence-electron chi connectivity index (χ0n) is 11.8. The van der Waals surface area contributed by atoms with Gasteiger partial charge in [0.1, 0.15) is 0 Å². The number of benzene rings is 1. The molecule has 0 saturated carbocycles. The number of nitrogens with one attached hydrogen (secondary N) is 1. The number of hydrogen-bond acceptors (Lipinski definition) is 4. The van der Waals surface area contributed by atoms with Crippen molar-refractivity contribution in [2.45, 2.75) is 37.8 Å². The Morgan fingerprint density at radius 3 is 2.86 bits per heavy atom. The molecule has 2 bridgehead atoms. The van der Waals surface area contributed by atoms with Crippen LogP contribution in [0.15, 0.2) is 24.3 Å². The first kappa shape index (κ1) is 14.0. The molecular formula is C15H19N3O3. The minimum absolute atomic E-state index is 0.0144. The van der Waals surface area contributed by atoms with Crippen molar-refractivity contribution < 1.29 is 9.72 Å². The van der Waals surface area contributed by atoms with Gasteiger partial charge in [0, 0.05) is 30.3 Å². The molecule has 2 fully saturated rings. The van der Waals surface area contributed by atoms with Crippen molar-refractivity contribution >= 4 is 11.6 Å². The summed E-state index contributed by atoms with van der Waals surface area (Å²) in [4.78, 5) is 25.2. The summed E-state index contributed by atoms with van der Waals surface area (Å²) in [5.41, 5.74) is 0.537. The van der Waals surface area contributed by atoms with Gasteiger partial charge in [0.25, 0.3) is 5.69 Å². The van der Waals surface area contributed by atoms with Crippen molar-refractivity contribution in [3.05, 3.63) is 39.9 Å². The number of nitro benzene ring substituents is 1. The fraction of sp³-hybridized carbons (Fsp3) is 0.533. The largest absolute Gasteiger partial charge is 0.335 e. The third-order valence-corrected chi connectivity index (χ3v) is 4.47. The summed E-state index contributed by atoms with van der Waals surface area (Å²) in [6.45, 7) is 1.77. The van der Waals surface area contributed by atoms with Gasteiger partial charge in [-0.2, -0.15) is 0 Å². The van der Waals surface area contributed by atoms with E-state index in [9.17, 15) is 14.9 Å². The molecule has 2 heterocycles. The minimum Gasteiger partial charge on any atom is -0.335 e. The zero-order chi connectivity index (χ0) is 14.8. The Hall–Kier alpha value is -1.95. The summed E-state index contributed by atoms with van der Waals surface area (Å²) in [5, 5.41) is 14.4. The molecule has 6 nitrogen and oxygen atoms in total. The van der Waals surface area contributed by atoms with Crippen LogP contribution in [0.25, 0.3) is 0 Å². The van der Waals surface area contributed by atoms with Gasteiger partial charge in [-0.25, -0.2) is 0 Å². The van der Waals surface area contributed by atoms with Gasteiger partial charge in [-0.3, -0.25) is 14.9 Å². The smallest absolute Gasteiger partial charge is 0.273 e. The van der Waals surface area contributed by atoms with Crippen molar-refractivity contribution in [1.82, 2.24) is 10.2 Å². The number of para-hydroxylation sites is 1. The molecule has 2 aliphatic rings. The molecule has 21 heavy (non-hydrogen) atoms. The van der Waals surface area contributed by atoms with E-state index in [4.69, 9.17) is 0 Å². The minimum atomic E-state index is -0.415. The SMILES string of the molecule is O=C(Cc1ccccc1[N+](=O)[O-])N1C2CCNCC1CC2. The molecule has 112 valence electrons. The number of carbonyl (C=O) groups excluding carboxylic acids is 1. The number of carbonyl (C=O) groups is 1. The van der Waals surface area contributed by atoms with Crippen LogP contribution < -0.4 is 5.32 Å². The van der Waals surface area contributed by atoms with Crippen molar-refractivity contribution in [1.29, 1.82) is 0 Å². The van der Waals surface area contributed by atoms with E-state index in [-0.39, 0.29) is 24.1 Å². The van der Waals surface area contributed by atoms with Gasteiger partial charge in [-0.05, 0) is 25.8 Å². The van der Waals surface area contributed by atoms with Crippen LogP contribution in [0.1, 0.15) is 24.8 Å². The maximum absolute atomic E-state index is 12.6. The Balaban J connectivity index is 1.79. The Morgan fingerprint density at radius 1 is 1.29 bits per heavy atom. The number of nitro groups is 1. The molecular weight excluding hydrogens is 270 g/mol. The molecule has 2 atom stereocenters. The van der Waals surface area contributed by atoms with E-state index >= 15 is 0 Å². The highest BCUT2D eigenvalue weighted by molar-refractivity contribution is 5.81. The third kappa shape index (κ3) is 2.76. The van der Waals surface area contributed by atoms with Crippen LogP contribution in [-0.2, 0) is 11.2 Å². The second kappa shape index (κ2) is 5.81. The van der Waals surface area contributed by atoms with E-state index in [2.05, 4.69) is 5.32 Å². The van der Waals surface area contributed by atoms with Crippen LogP contribution in [-0.4, -0.2) is 40.9 Å². The average Bonchev–Trinajstić information content (AvgIpc) is 2.72. The third-order valence-electron chi connectivity index (χ3n) is 4.47. The number of rotatable bonds is 3. The molecule has 2 unspecified atom stereocenters. The van der Waals surface area contributed by atoms with Crippen LogP contribution in [0.3, 0.4) is 0 Å². The lowest BCUT2D eigenvalue weighted by Crippen LogP contribution is -2.43. The Bertz CT molecular complexity index is 547. The van der Waals surface area contributed by atoms with E-state index in [1.54, 1.807) is 18.2 Å². The summed E-state index contributed by atoms with van der Waals surface area (Å²) < 4.78 is 0. The summed E-state index contributed by atoms with van der Waals surface area (Å²) >= 11 is 0. The van der Waals surface area contributed by atoms with Crippen LogP contribution in [0, 0.1) is 10.1 Å². The number of hydrogen-bond donors (Lipinski definition) is 1. The number of fused-ring (bicyclic) bond motifs is 2. The van der Waals surface area contributed by atoms with Crippen molar-refractivity contribution in [2.24, 2.45) is 0 Å². The molecule has 0 aliphatic carbocycles. The molecule has 2 aliphatic heterocycles. The quantitative estimate of drug-likeness (QED) is 0.675. The summed E-state index contributed by atoms with van der Waals surface area (Å²) in [7, 11) is 0. The summed E-state index contributed by atoms with van der Waals surface area (Å²) in [6.07, 6.45) is 3.17. The molecule has 0 spiro atoms. The molecule has 1 aromatic carbocycles. The highest BCUT2D eigenvalue weighted by Crippen LogP contribution is 2.29. The first-order chi connectivity index (χ1) is 10.2. The van der Waals surface area contributed by atoms with E-state index in [0.29, 0.717) is 11.6 Å². The summed E-state index contributed by atoms with van der Waals surface area (Å²) in [5.74, 6) is 0.0144. The van der Waals surface area contributed by atoms with Gasteiger partial charge >= 0.3 is 0 Å². The standard InChI is InChI=1S/C15H19N3O3/c19-15(9-11-3-1-2-4-14(11)18(20)21)17-12-5-6-13(17)10-16-8-7-12/h1-4,12-13,16H,5-10H2. The monoisotopic (exact) mass is 289 g/mol. The predicted octanol–water partition coefficient (Wildman–Crippen LogP) is 1.49. The van der Waals surface area contributed by atoms with Crippen LogP contribution in [0.4, 0.5) is 5.69 Å². The van der Waals surface area contributed by atoms with Gasteiger partial charge < -0.3 is 10.2 Å².